The number of methoxy groups -OCH3 is 2. The van der Waals surface area contributed by atoms with Gasteiger partial charge in [0, 0.05) is 25.8 Å². The molecule has 17 nitrogen and oxygen atoms in total. The van der Waals surface area contributed by atoms with Crippen LogP contribution in [-0.4, -0.2) is 113 Å². The van der Waals surface area contributed by atoms with Gasteiger partial charge in [-0.2, -0.15) is 5.10 Å². The first-order chi connectivity index (χ1) is 26.9. The average molecular weight is 788 g/mol. The molecule has 5 N–H and O–H groups in total. The Morgan fingerprint density at radius 2 is 1.43 bits per heavy atom. The van der Waals surface area contributed by atoms with Crippen molar-refractivity contribution >= 4 is 34.2 Å². The summed E-state index contributed by atoms with van der Waals surface area (Å²) < 4.78 is 11.5. The number of nitrogens with zero attached hydrogens (tertiary/aromatic N) is 7. The molecule has 4 aromatic heterocycles. The van der Waals surface area contributed by atoms with Gasteiger partial charge in [-0.05, 0) is 43.1 Å². The number of H-pyrrole nitrogens is 2. The van der Waals surface area contributed by atoms with Crippen LogP contribution in [0.2, 0.25) is 0 Å². The fourth-order valence-corrected chi connectivity index (χ4v) is 8.34. The molecule has 0 saturated carbocycles. The van der Waals surface area contributed by atoms with Gasteiger partial charge in [0.15, 0.2) is 5.01 Å². The number of aromatic nitrogens is 7. The number of amides is 3. The molecular weight excluding hydrogens is 739 g/mol. The van der Waals surface area contributed by atoms with Crippen LogP contribution in [0.5, 0.6) is 0 Å². The van der Waals surface area contributed by atoms with Crippen LogP contribution in [0.4, 0.5) is 4.79 Å². The number of fused-ring (bicyclic) bond motifs is 1. The van der Waals surface area contributed by atoms with Crippen LogP contribution < -0.4 is 10.6 Å². The first-order valence-electron chi connectivity index (χ1n) is 18.9. The molecule has 298 valence electrons. The summed E-state index contributed by atoms with van der Waals surface area (Å²) in [5.41, 5.74) is 4.24. The van der Waals surface area contributed by atoms with Gasteiger partial charge < -0.3 is 39.7 Å². The summed E-state index contributed by atoms with van der Waals surface area (Å²) in [6, 6.07) is 6.29. The number of aliphatic hydroxyl groups is 1. The summed E-state index contributed by atoms with van der Waals surface area (Å²) in [6.07, 6.45) is 6.80. The number of likely N-dealkylation sites (tertiary alicyclic amines) is 2. The summed E-state index contributed by atoms with van der Waals surface area (Å²) in [7, 11) is 2.67. The second-order valence-corrected chi connectivity index (χ2v) is 15.9. The summed E-state index contributed by atoms with van der Waals surface area (Å²) in [5.74, 6) is 0.985. The van der Waals surface area contributed by atoms with Crippen molar-refractivity contribution < 1.29 is 29.0 Å². The molecule has 2 saturated heterocycles. The number of alkyl carbamates (subject to hydrolysis) is 1. The SMILES string of the molecule is COC(=O)NC(C(=O)N1CCCC1c1ncc(-c2ccc(-c3cn4nc(-c5cnc(C6CCCN6C(=O)C(NC(O)OC)C(C)C)[nH]5)sc4n3)cc2)[nH]1)C(C)C. The third-order valence-corrected chi connectivity index (χ3v) is 11.5. The largest absolute Gasteiger partial charge is 0.453 e. The van der Waals surface area contributed by atoms with Gasteiger partial charge in [-0.3, -0.25) is 14.9 Å². The van der Waals surface area contributed by atoms with Crippen LogP contribution in [0.1, 0.15) is 77.1 Å². The molecule has 7 rings (SSSR count). The molecule has 5 unspecified atom stereocenters. The van der Waals surface area contributed by atoms with Gasteiger partial charge in [0.1, 0.15) is 17.7 Å². The molecule has 0 aliphatic carbocycles. The Balaban J connectivity index is 1.01. The fraction of sp³-hybridized carbons (Fsp3) is 0.500. The highest BCUT2D eigenvalue weighted by molar-refractivity contribution is 7.19. The van der Waals surface area contributed by atoms with E-state index in [-0.39, 0.29) is 35.7 Å². The van der Waals surface area contributed by atoms with Crippen LogP contribution >= 0.6 is 11.3 Å². The Bertz CT molecular complexity index is 2130. The zero-order valence-electron chi connectivity index (χ0n) is 32.4. The minimum Gasteiger partial charge on any atom is -0.453 e. The number of hydrogen-bond donors (Lipinski definition) is 5. The van der Waals surface area contributed by atoms with Gasteiger partial charge >= 0.3 is 6.09 Å². The molecule has 0 radical (unpaired) electrons. The van der Waals surface area contributed by atoms with Crippen LogP contribution in [0, 0.1) is 11.8 Å². The van der Waals surface area contributed by atoms with Crippen molar-refractivity contribution in [2.75, 3.05) is 27.3 Å². The van der Waals surface area contributed by atoms with E-state index in [2.05, 4.69) is 30.6 Å². The number of nitrogens with one attached hydrogen (secondary N) is 4. The number of rotatable bonds is 13. The maximum Gasteiger partial charge on any atom is 0.407 e. The number of imidazole rings is 3. The zero-order valence-corrected chi connectivity index (χ0v) is 33.2. The number of hydrogen-bond acceptors (Lipinski definition) is 12. The molecule has 1 aromatic carbocycles. The predicted octanol–water partition coefficient (Wildman–Crippen LogP) is 4.48. The highest BCUT2D eigenvalue weighted by Crippen LogP contribution is 2.35. The highest BCUT2D eigenvalue weighted by atomic mass is 32.1. The summed E-state index contributed by atoms with van der Waals surface area (Å²) in [6.45, 7) is 8.84. The van der Waals surface area contributed by atoms with E-state index in [9.17, 15) is 19.5 Å². The van der Waals surface area contributed by atoms with Crippen molar-refractivity contribution in [3.8, 4) is 33.2 Å². The zero-order chi connectivity index (χ0) is 39.7. The van der Waals surface area contributed by atoms with Gasteiger partial charge in [-0.1, -0.05) is 63.3 Å². The standard InChI is InChI=1S/C38H49N11O6S/c1-20(2)29(44-37(52)54-5)34(50)47-15-7-9-27(47)31-39-17-24(41-31)22-11-13-23(14-12-22)26-19-49-36(43-26)56-33(46-49)25-18-40-32(42-25)28-10-8-16-48(28)35(51)30(21(3)4)45-38(53)55-6/h11-14,17-21,27-30,38,45,53H,7-10,15-16H2,1-6H3,(H,39,41)(H,40,42)(H,44,52). The Morgan fingerprint density at radius 3 is 2.00 bits per heavy atom. The van der Waals surface area contributed by atoms with Gasteiger partial charge in [-0.15, -0.1) is 0 Å². The lowest BCUT2D eigenvalue weighted by atomic mass is 10.0. The molecule has 56 heavy (non-hydrogen) atoms. The minimum atomic E-state index is -1.24. The number of ether oxygens (including phenoxy) is 2. The normalized spacial score (nSPS) is 18.9. The first-order valence-corrected chi connectivity index (χ1v) is 19.8. The Kier molecular flexibility index (Phi) is 11.5. The van der Waals surface area contributed by atoms with Gasteiger partial charge in [0.05, 0.1) is 60.9 Å². The first kappa shape index (κ1) is 39.1. The van der Waals surface area contributed by atoms with E-state index >= 15 is 0 Å². The van der Waals surface area contributed by atoms with Gasteiger partial charge in [-0.25, -0.2) is 24.3 Å². The van der Waals surface area contributed by atoms with E-state index in [1.807, 2.05) is 63.1 Å². The molecule has 0 spiro atoms. The van der Waals surface area contributed by atoms with E-state index in [1.165, 1.54) is 25.6 Å². The number of aliphatic hydroxyl groups excluding tert-OH is 1. The third-order valence-electron chi connectivity index (χ3n) is 10.5. The minimum absolute atomic E-state index is 0.0591. The predicted molar refractivity (Wildman–Crippen MR) is 208 cm³/mol. The van der Waals surface area contributed by atoms with Crippen LogP contribution in [0.15, 0.2) is 42.9 Å². The van der Waals surface area contributed by atoms with Gasteiger partial charge in [0.2, 0.25) is 23.2 Å². The number of carbonyl (C=O) groups is 3. The quantitative estimate of drug-likeness (QED) is 0.105. The van der Waals surface area contributed by atoms with Crippen molar-refractivity contribution in [1.29, 1.82) is 0 Å². The maximum absolute atomic E-state index is 13.6. The third kappa shape index (κ3) is 7.91. The molecule has 5 aromatic rings. The van der Waals surface area contributed by atoms with Crippen LogP contribution in [-0.2, 0) is 19.1 Å². The molecule has 3 amide bonds. The lowest BCUT2D eigenvalue weighted by molar-refractivity contribution is -0.145. The summed E-state index contributed by atoms with van der Waals surface area (Å²) in [4.78, 5) is 64.4. The highest BCUT2D eigenvalue weighted by Gasteiger charge is 2.39. The van der Waals surface area contributed by atoms with E-state index in [1.54, 1.807) is 21.8 Å². The maximum atomic E-state index is 13.6. The Hall–Kier alpha value is -5.17. The fourth-order valence-electron chi connectivity index (χ4n) is 7.49. The molecule has 18 heteroatoms. The summed E-state index contributed by atoms with van der Waals surface area (Å²) >= 11 is 1.44. The monoisotopic (exact) mass is 787 g/mol. The van der Waals surface area contributed by atoms with E-state index < -0.39 is 24.6 Å². The van der Waals surface area contributed by atoms with Gasteiger partial charge in [0.25, 0.3) is 0 Å². The van der Waals surface area contributed by atoms with Crippen LogP contribution in [0.3, 0.4) is 0 Å². The van der Waals surface area contributed by atoms with Crippen molar-refractivity contribution in [3.63, 3.8) is 0 Å². The lowest BCUT2D eigenvalue weighted by Crippen LogP contribution is -2.52. The molecule has 2 aliphatic rings. The van der Waals surface area contributed by atoms with E-state index in [0.29, 0.717) is 24.7 Å². The number of aromatic amines is 2. The topological polar surface area (TPSA) is 208 Å². The molecule has 6 heterocycles. The Morgan fingerprint density at radius 1 is 0.857 bits per heavy atom. The smallest absolute Gasteiger partial charge is 0.407 e. The molecule has 2 aliphatic heterocycles. The second kappa shape index (κ2) is 16.5. The van der Waals surface area contributed by atoms with E-state index in [4.69, 9.17) is 19.6 Å². The number of benzene rings is 1. The van der Waals surface area contributed by atoms with E-state index in [0.717, 1.165) is 63.9 Å². The van der Waals surface area contributed by atoms with Crippen molar-refractivity contribution in [2.45, 2.75) is 84.0 Å². The lowest BCUT2D eigenvalue weighted by Gasteiger charge is -2.31. The van der Waals surface area contributed by atoms with Crippen molar-refractivity contribution in [3.05, 3.63) is 54.5 Å². The molecule has 2 fully saturated rings. The Labute approximate surface area is 328 Å². The average Bonchev–Trinajstić information content (AvgIpc) is 4.04. The molecular formula is C38H49N11O6S. The second-order valence-electron chi connectivity index (χ2n) is 14.9. The molecule has 0 bridgehead atoms. The molecule has 5 atom stereocenters. The van der Waals surface area contributed by atoms with Crippen LogP contribution in [0.25, 0.3) is 38.2 Å². The number of carbonyl (C=O) groups excluding carboxylic acids is 3. The van der Waals surface area contributed by atoms with Crippen molar-refractivity contribution in [2.24, 2.45) is 11.8 Å². The summed E-state index contributed by atoms with van der Waals surface area (Å²) in [5, 5.41) is 21.1. The van der Waals surface area contributed by atoms with Crippen molar-refractivity contribution in [1.82, 2.24) is 55.0 Å².